The monoisotopic (exact) mass is 469 g/mol. The maximum Gasteiger partial charge on any atom is 0.251 e. The van der Waals surface area contributed by atoms with Gasteiger partial charge in [0.15, 0.2) is 0 Å². The molecule has 2 aliphatic heterocycles. The van der Waals surface area contributed by atoms with Gasteiger partial charge < -0.3 is 9.30 Å². The van der Waals surface area contributed by atoms with Crippen molar-refractivity contribution in [3.63, 3.8) is 0 Å². The summed E-state index contributed by atoms with van der Waals surface area (Å²) in [6.07, 6.45) is 3.74. The van der Waals surface area contributed by atoms with E-state index in [1.165, 1.54) is 22.1 Å². The fraction of sp³-hybridized carbons (Fsp3) is 0.212. The smallest absolute Gasteiger partial charge is 0.251 e. The lowest BCUT2D eigenvalue weighted by Gasteiger charge is -2.41. The maximum absolute atomic E-state index is 8.85. The Labute approximate surface area is 218 Å². The zero-order valence-electron chi connectivity index (χ0n) is 24.5. The third kappa shape index (κ3) is 2.58. The summed E-state index contributed by atoms with van der Waals surface area (Å²) >= 11 is 0. The first-order chi connectivity index (χ1) is 19.3. The SMILES string of the molecule is [2H]c1c([2H])c([2H])c2c(c1[2H])c1c(n2-c2ccc3c(c2)Oc2cccc4c2B3c2ccccc2C4(C)C)CCCC1. The number of rotatable bonds is 1. The number of para-hydroxylation sites is 1. The molecule has 36 heavy (non-hydrogen) atoms. The van der Waals surface area contributed by atoms with E-state index in [2.05, 4.69) is 79.1 Å². The van der Waals surface area contributed by atoms with Gasteiger partial charge in [-0.05, 0) is 71.5 Å². The van der Waals surface area contributed by atoms with E-state index in [1.807, 2.05) is 0 Å². The van der Waals surface area contributed by atoms with Crippen LogP contribution in [0.5, 0.6) is 11.5 Å². The van der Waals surface area contributed by atoms with Crippen LogP contribution in [0.2, 0.25) is 0 Å². The van der Waals surface area contributed by atoms with E-state index < -0.39 is 0 Å². The van der Waals surface area contributed by atoms with Gasteiger partial charge in [-0.25, -0.2) is 0 Å². The van der Waals surface area contributed by atoms with Crippen LogP contribution >= 0.6 is 0 Å². The Morgan fingerprint density at radius 1 is 0.861 bits per heavy atom. The van der Waals surface area contributed by atoms with Crippen LogP contribution in [0.15, 0.2) is 84.8 Å². The third-order valence-corrected chi connectivity index (χ3v) is 8.66. The molecule has 0 radical (unpaired) electrons. The van der Waals surface area contributed by atoms with Crippen molar-refractivity contribution in [2.45, 2.75) is 44.9 Å². The highest BCUT2D eigenvalue weighted by molar-refractivity contribution is 6.98. The van der Waals surface area contributed by atoms with Gasteiger partial charge in [-0.2, -0.15) is 0 Å². The van der Waals surface area contributed by atoms with Gasteiger partial charge >= 0.3 is 0 Å². The summed E-state index contributed by atoms with van der Waals surface area (Å²) in [5, 5.41) is 0.665. The second-order valence-corrected chi connectivity index (χ2v) is 10.9. The molecular formula is C33H28BNO. The predicted octanol–water partition coefficient (Wildman–Crippen LogP) is 5.77. The summed E-state index contributed by atoms with van der Waals surface area (Å²) in [5.74, 6) is 1.69. The first-order valence-corrected chi connectivity index (χ1v) is 13.0. The topological polar surface area (TPSA) is 14.2 Å². The van der Waals surface area contributed by atoms with E-state index in [0.29, 0.717) is 10.9 Å². The lowest BCUT2D eigenvalue weighted by Crippen LogP contribution is -2.62. The summed E-state index contributed by atoms with van der Waals surface area (Å²) < 4.78 is 43.0. The molecule has 0 saturated carbocycles. The van der Waals surface area contributed by atoms with Crippen molar-refractivity contribution >= 4 is 34.0 Å². The number of ether oxygens (including phenoxy) is 1. The molecule has 3 aliphatic rings. The van der Waals surface area contributed by atoms with Crippen molar-refractivity contribution in [2.75, 3.05) is 0 Å². The Kier molecular flexibility index (Phi) is 3.36. The van der Waals surface area contributed by atoms with Gasteiger partial charge in [0.25, 0.3) is 6.71 Å². The number of hydrogen-bond acceptors (Lipinski definition) is 1. The predicted molar refractivity (Wildman–Crippen MR) is 150 cm³/mol. The minimum Gasteiger partial charge on any atom is -0.458 e. The van der Waals surface area contributed by atoms with E-state index in [-0.39, 0.29) is 36.3 Å². The molecule has 1 aliphatic carbocycles. The Morgan fingerprint density at radius 3 is 2.64 bits per heavy atom. The van der Waals surface area contributed by atoms with Crippen LogP contribution in [-0.4, -0.2) is 11.3 Å². The normalized spacial score (nSPS) is 18.1. The molecule has 4 aromatic carbocycles. The quantitative estimate of drug-likeness (QED) is 0.279. The second kappa shape index (κ2) is 7.16. The molecule has 1 aromatic heterocycles. The molecule has 0 amide bonds. The third-order valence-electron chi connectivity index (χ3n) is 8.66. The van der Waals surface area contributed by atoms with Gasteiger partial charge in [-0.15, -0.1) is 0 Å². The van der Waals surface area contributed by atoms with Crippen molar-refractivity contribution in [3.8, 4) is 17.2 Å². The van der Waals surface area contributed by atoms with Crippen molar-refractivity contribution in [2.24, 2.45) is 0 Å². The minimum absolute atomic E-state index is 0.0162. The van der Waals surface area contributed by atoms with E-state index >= 15 is 0 Å². The Balaban J connectivity index is 1.39. The van der Waals surface area contributed by atoms with Gasteiger partial charge in [0.05, 0.1) is 11.0 Å². The van der Waals surface area contributed by atoms with Crippen LogP contribution in [0.1, 0.15) is 54.6 Å². The number of aryl methyl sites for hydroxylation is 1. The molecule has 0 fully saturated rings. The van der Waals surface area contributed by atoms with Crippen molar-refractivity contribution in [3.05, 3.63) is 107 Å². The summed E-state index contributed by atoms with van der Waals surface area (Å²) in [7, 11) is 0. The van der Waals surface area contributed by atoms with Crippen LogP contribution in [0.25, 0.3) is 16.6 Å². The van der Waals surface area contributed by atoms with Crippen molar-refractivity contribution in [1.29, 1.82) is 0 Å². The molecule has 3 heteroatoms. The summed E-state index contributed by atoms with van der Waals surface area (Å²) in [6, 6.07) is 21.2. The van der Waals surface area contributed by atoms with E-state index in [1.54, 1.807) is 0 Å². The molecular weight excluding hydrogens is 437 g/mol. The van der Waals surface area contributed by atoms with Crippen LogP contribution < -0.4 is 21.1 Å². The summed E-state index contributed by atoms with van der Waals surface area (Å²) in [6.45, 7) is 4.65. The fourth-order valence-corrected chi connectivity index (χ4v) is 7.04. The Morgan fingerprint density at radius 2 is 1.69 bits per heavy atom. The Hall–Kier alpha value is -3.72. The Bertz CT molecular complexity index is 1920. The van der Waals surface area contributed by atoms with Gasteiger partial charge in [0, 0.05) is 28.2 Å². The molecule has 2 nitrogen and oxygen atoms in total. The van der Waals surface area contributed by atoms with Crippen LogP contribution in [0.4, 0.5) is 0 Å². The average Bonchev–Trinajstić information content (AvgIpc) is 3.32. The first-order valence-electron chi connectivity index (χ1n) is 15.0. The molecule has 0 atom stereocenters. The molecule has 0 saturated heterocycles. The molecule has 0 N–H and O–H groups in total. The first kappa shape index (κ1) is 16.9. The van der Waals surface area contributed by atoms with Gasteiger partial charge in [0.1, 0.15) is 11.5 Å². The largest absolute Gasteiger partial charge is 0.458 e. The number of hydrogen-bond donors (Lipinski definition) is 0. The maximum atomic E-state index is 8.85. The van der Waals surface area contributed by atoms with Gasteiger partial charge in [-0.1, -0.05) is 79.9 Å². The fourth-order valence-electron chi connectivity index (χ4n) is 7.04. The van der Waals surface area contributed by atoms with Crippen molar-refractivity contribution < 1.29 is 10.2 Å². The van der Waals surface area contributed by atoms with E-state index in [4.69, 9.17) is 10.2 Å². The summed E-state index contributed by atoms with van der Waals surface area (Å²) in [5.41, 5.74) is 9.77. The molecule has 174 valence electrons. The molecule has 8 rings (SSSR count). The number of nitrogens with zero attached hydrogens (tertiary/aromatic N) is 1. The molecule has 0 bridgehead atoms. The molecule has 0 spiro atoms. The van der Waals surface area contributed by atoms with E-state index in [0.717, 1.165) is 59.6 Å². The van der Waals surface area contributed by atoms with Crippen LogP contribution in [0.3, 0.4) is 0 Å². The second-order valence-electron chi connectivity index (χ2n) is 10.9. The number of aromatic nitrogens is 1. The molecule has 5 aromatic rings. The number of fused-ring (bicyclic) bond motifs is 7. The van der Waals surface area contributed by atoms with Crippen molar-refractivity contribution in [1.82, 2.24) is 4.57 Å². The lowest BCUT2D eigenvalue weighted by atomic mass is 9.30. The minimum atomic E-state index is -0.189. The van der Waals surface area contributed by atoms with E-state index in [9.17, 15) is 0 Å². The summed E-state index contributed by atoms with van der Waals surface area (Å²) in [4.78, 5) is 0. The lowest BCUT2D eigenvalue weighted by molar-refractivity contribution is 0.484. The van der Waals surface area contributed by atoms with Crippen LogP contribution in [-0.2, 0) is 18.3 Å². The zero-order valence-corrected chi connectivity index (χ0v) is 20.5. The zero-order chi connectivity index (χ0) is 27.5. The molecule has 3 heterocycles. The highest BCUT2D eigenvalue weighted by Crippen LogP contribution is 2.40. The molecule has 0 unspecified atom stereocenters. The highest BCUT2D eigenvalue weighted by Gasteiger charge is 2.44. The standard InChI is InChI=1S/C33H28BNO/c1-33(2)24-12-5-6-14-26(24)34-27-19-18-21(20-31(27)36-30-17-9-13-25(33)32(30)34)35-28-15-7-3-10-22(28)23-11-4-8-16-29(23)35/h3,5-7,9-10,12-15,17-20H,4,8,11,16H2,1-2H3/i3D,7D,10D,15D. The average molecular weight is 469 g/mol. The van der Waals surface area contributed by atoms with Crippen LogP contribution in [0, 0.1) is 0 Å². The van der Waals surface area contributed by atoms with Gasteiger partial charge in [-0.3, -0.25) is 0 Å². The number of benzene rings is 4. The highest BCUT2D eigenvalue weighted by atomic mass is 16.5. The van der Waals surface area contributed by atoms with Gasteiger partial charge in [0.2, 0.25) is 0 Å².